The highest BCUT2D eigenvalue weighted by atomic mass is 32.2. The second-order valence-corrected chi connectivity index (χ2v) is 7.17. The summed E-state index contributed by atoms with van der Waals surface area (Å²) >= 11 is 0. The fourth-order valence-electron chi connectivity index (χ4n) is 2.21. The van der Waals surface area contributed by atoms with Gasteiger partial charge in [-0.05, 0) is 24.6 Å². The van der Waals surface area contributed by atoms with Crippen molar-refractivity contribution in [3.05, 3.63) is 36.4 Å². The van der Waals surface area contributed by atoms with Crippen LogP contribution in [-0.4, -0.2) is 35.9 Å². The molecule has 0 aliphatic carbocycles. The lowest BCUT2D eigenvalue weighted by molar-refractivity contribution is 0.518. The van der Waals surface area contributed by atoms with Crippen LogP contribution >= 0.6 is 0 Å². The van der Waals surface area contributed by atoms with Gasteiger partial charge in [0.25, 0.3) is 0 Å². The first kappa shape index (κ1) is 13.9. The van der Waals surface area contributed by atoms with Crippen molar-refractivity contribution in [1.82, 2.24) is 9.97 Å². The number of hydrogen-bond acceptors (Lipinski definition) is 7. The van der Waals surface area contributed by atoms with Gasteiger partial charge >= 0.3 is 0 Å². The van der Waals surface area contributed by atoms with E-state index in [1.54, 1.807) is 18.5 Å². The molecule has 1 fully saturated rings. The summed E-state index contributed by atoms with van der Waals surface area (Å²) in [5, 5.41) is 6.19. The van der Waals surface area contributed by atoms with Crippen LogP contribution in [0.1, 0.15) is 12.2 Å². The minimum atomic E-state index is -2.91. The van der Waals surface area contributed by atoms with E-state index in [9.17, 15) is 8.42 Å². The van der Waals surface area contributed by atoms with E-state index in [4.69, 9.17) is 4.42 Å². The van der Waals surface area contributed by atoms with Crippen LogP contribution in [-0.2, 0) is 16.4 Å². The third-order valence-electron chi connectivity index (χ3n) is 3.25. The van der Waals surface area contributed by atoms with Crippen LogP contribution < -0.4 is 10.6 Å². The van der Waals surface area contributed by atoms with Crippen molar-refractivity contribution >= 4 is 21.6 Å². The Hall–Kier alpha value is -2.09. The summed E-state index contributed by atoms with van der Waals surface area (Å²) in [4.78, 5) is 8.43. The Morgan fingerprint density at radius 2 is 2.29 bits per heavy atom. The van der Waals surface area contributed by atoms with Gasteiger partial charge in [-0.1, -0.05) is 0 Å². The maximum absolute atomic E-state index is 11.4. The van der Waals surface area contributed by atoms with Gasteiger partial charge in [0.1, 0.15) is 11.6 Å². The standard InChI is InChI=1S/C13H16N4O3S/c18-21(19)7-4-10(9-21)16-13-14-5-3-12(17-13)15-8-11-2-1-6-20-11/h1-3,5-6,10H,4,7-9H2,(H2,14,15,16,17). The second kappa shape index (κ2) is 5.72. The molecule has 1 aliphatic rings. The largest absolute Gasteiger partial charge is 0.467 e. The lowest BCUT2D eigenvalue weighted by Gasteiger charge is -2.11. The molecule has 2 N–H and O–H groups in total. The van der Waals surface area contributed by atoms with Crippen LogP contribution in [0.3, 0.4) is 0 Å². The molecule has 0 bridgehead atoms. The summed E-state index contributed by atoms with van der Waals surface area (Å²) in [6.07, 6.45) is 3.84. The predicted molar refractivity (Wildman–Crippen MR) is 78.7 cm³/mol. The lowest BCUT2D eigenvalue weighted by atomic mass is 10.3. The molecule has 8 heteroatoms. The third-order valence-corrected chi connectivity index (χ3v) is 5.01. The van der Waals surface area contributed by atoms with Gasteiger partial charge in [-0.2, -0.15) is 4.98 Å². The minimum Gasteiger partial charge on any atom is -0.467 e. The van der Waals surface area contributed by atoms with Gasteiger partial charge in [-0.25, -0.2) is 13.4 Å². The Balaban J connectivity index is 1.60. The van der Waals surface area contributed by atoms with E-state index in [1.165, 1.54) is 0 Å². The third kappa shape index (κ3) is 3.72. The first-order chi connectivity index (χ1) is 10.1. The number of rotatable bonds is 5. The molecule has 7 nitrogen and oxygen atoms in total. The second-order valence-electron chi connectivity index (χ2n) is 4.94. The fourth-order valence-corrected chi connectivity index (χ4v) is 3.88. The van der Waals surface area contributed by atoms with E-state index in [0.29, 0.717) is 24.7 Å². The monoisotopic (exact) mass is 308 g/mol. The Labute approximate surface area is 122 Å². The van der Waals surface area contributed by atoms with E-state index in [0.717, 1.165) is 5.76 Å². The van der Waals surface area contributed by atoms with Gasteiger partial charge in [0.2, 0.25) is 5.95 Å². The van der Waals surface area contributed by atoms with Crippen LogP contribution in [0.2, 0.25) is 0 Å². The van der Waals surface area contributed by atoms with Gasteiger partial charge in [0.05, 0.1) is 24.3 Å². The topological polar surface area (TPSA) is 97.1 Å². The Morgan fingerprint density at radius 3 is 3.00 bits per heavy atom. The molecular weight excluding hydrogens is 292 g/mol. The molecule has 0 saturated carbocycles. The summed E-state index contributed by atoms with van der Waals surface area (Å²) in [7, 11) is -2.91. The van der Waals surface area contributed by atoms with E-state index in [2.05, 4.69) is 20.6 Å². The van der Waals surface area contributed by atoms with E-state index in [1.807, 2.05) is 12.1 Å². The first-order valence-electron chi connectivity index (χ1n) is 6.67. The van der Waals surface area contributed by atoms with Gasteiger partial charge in [-0.15, -0.1) is 0 Å². The molecule has 1 saturated heterocycles. The number of anilines is 2. The number of nitrogens with one attached hydrogen (secondary N) is 2. The lowest BCUT2D eigenvalue weighted by Crippen LogP contribution is -2.22. The molecule has 2 aromatic heterocycles. The zero-order valence-corrected chi connectivity index (χ0v) is 12.1. The maximum Gasteiger partial charge on any atom is 0.224 e. The van der Waals surface area contributed by atoms with E-state index in [-0.39, 0.29) is 17.5 Å². The highest BCUT2D eigenvalue weighted by molar-refractivity contribution is 7.91. The van der Waals surface area contributed by atoms with Crippen molar-refractivity contribution in [3.8, 4) is 0 Å². The summed E-state index contributed by atoms with van der Waals surface area (Å²) in [6, 6.07) is 5.33. The summed E-state index contributed by atoms with van der Waals surface area (Å²) in [6.45, 7) is 0.529. The van der Waals surface area contributed by atoms with E-state index >= 15 is 0 Å². The summed E-state index contributed by atoms with van der Waals surface area (Å²) in [5.41, 5.74) is 0. The Kier molecular flexibility index (Phi) is 3.78. The Morgan fingerprint density at radius 1 is 1.38 bits per heavy atom. The van der Waals surface area contributed by atoms with Crippen molar-refractivity contribution < 1.29 is 12.8 Å². The molecule has 1 unspecified atom stereocenters. The molecule has 0 aromatic carbocycles. The van der Waals surface area contributed by atoms with Gasteiger partial charge in [0, 0.05) is 12.2 Å². The zero-order chi connectivity index (χ0) is 14.7. The summed E-state index contributed by atoms with van der Waals surface area (Å²) < 4.78 is 28.1. The quantitative estimate of drug-likeness (QED) is 0.858. The van der Waals surface area contributed by atoms with Crippen LogP contribution in [0.15, 0.2) is 35.1 Å². The minimum absolute atomic E-state index is 0.115. The molecule has 0 spiro atoms. The molecule has 3 heterocycles. The number of nitrogens with zero attached hydrogens (tertiary/aromatic N) is 2. The molecule has 0 amide bonds. The van der Waals surface area contributed by atoms with Crippen molar-refractivity contribution in [2.24, 2.45) is 0 Å². The van der Waals surface area contributed by atoms with Crippen LogP contribution in [0.4, 0.5) is 11.8 Å². The molecule has 21 heavy (non-hydrogen) atoms. The summed E-state index contributed by atoms with van der Waals surface area (Å²) in [5.74, 6) is 2.26. The first-order valence-corrected chi connectivity index (χ1v) is 8.49. The molecule has 3 rings (SSSR count). The van der Waals surface area contributed by atoms with Crippen molar-refractivity contribution in [3.63, 3.8) is 0 Å². The van der Waals surface area contributed by atoms with E-state index < -0.39 is 9.84 Å². The molecule has 1 atom stereocenters. The van der Waals surface area contributed by atoms with Gasteiger partial charge in [0.15, 0.2) is 9.84 Å². The number of aromatic nitrogens is 2. The molecule has 112 valence electrons. The maximum atomic E-state index is 11.4. The number of sulfone groups is 1. The van der Waals surface area contributed by atoms with Crippen LogP contribution in [0.25, 0.3) is 0 Å². The molecule has 2 aromatic rings. The average molecular weight is 308 g/mol. The predicted octanol–water partition coefficient (Wildman–Crippen LogP) is 1.28. The van der Waals surface area contributed by atoms with Crippen LogP contribution in [0, 0.1) is 0 Å². The highest BCUT2D eigenvalue weighted by Gasteiger charge is 2.28. The SMILES string of the molecule is O=S1(=O)CCC(Nc2nccc(NCc3ccco3)n2)C1. The van der Waals surface area contributed by atoms with Crippen LogP contribution in [0.5, 0.6) is 0 Å². The van der Waals surface area contributed by atoms with Gasteiger partial charge in [-0.3, -0.25) is 0 Å². The molecular formula is C13H16N4O3S. The average Bonchev–Trinajstić information content (AvgIpc) is 3.07. The fraction of sp³-hybridized carbons (Fsp3) is 0.385. The van der Waals surface area contributed by atoms with Crippen molar-refractivity contribution in [2.75, 3.05) is 22.1 Å². The zero-order valence-electron chi connectivity index (χ0n) is 11.3. The highest BCUT2D eigenvalue weighted by Crippen LogP contribution is 2.16. The smallest absolute Gasteiger partial charge is 0.224 e. The number of furan rings is 1. The van der Waals surface area contributed by atoms with Crippen molar-refractivity contribution in [1.29, 1.82) is 0 Å². The Bertz CT molecular complexity index is 700. The molecule has 1 aliphatic heterocycles. The number of hydrogen-bond donors (Lipinski definition) is 2. The normalized spacial score (nSPS) is 20.3. The van der Waals surface area contributed by atoms with Gasteiger partial charge < -0.3 is 15.1 Å². The molecule has 0 radical (unpaired) electrons. The van der Waals surface area contributed by atoms with Crippen molar-refractivity contribution in [2.45, 2.75) is 19.0 Å².